The van der Waals surface area contributed by atoms with E-state index in [0.717, 1.165) is 13.1 Å². The second-order valence-electron chi connectivity index (χ2n) is 4.59. The van der Waals surface area contributed by atoms with Crippen LogP contribution >= 0.6 is 0 Å². The van der Waals surface area contributed by atoms with Crippen molar-refractivity contribution in [1.29, 1.82) is 0 Å². The van der Waals surface area contributed by atoms with E-state index < -0.39 is 0 Å². The van der Waals surface area contributed by atoms with Gasteiger partial charge in [0.2, 0.25) is 0 Å². The Hall–Kier alpha value is -0.0800. The van der Waals surface area contributed by atoms with Crippen molar-refractivity contribution in [3.8, 4) is 0 Å². The Kier molecular flexibility index (Phi) is 7.20. The molecule has 0 radical (unpaired) electrons. The van der Waals surface area contributed by atoms with Crippen molar-refractivity contribution in [1.82, 2.24) is 10.2 Å². The summed E-state index contributed by atoms with van der Waals surface area (Å²) < 4.78 is 0. The van der Waals surface area contributed by atoms with Crippen LogP contribution in [0.2, 0.25) is 0 Å². The first-order valence-electron chi connectivity index (χ1n) is 6.00. The first-order valence-corrected chi connectivity index (χ1v) is 6.00. The minimum Gasteiger partial charge on any atom is -0.313 e. The topological polar surface area (TPSA) is 15.3 Å². The Balaban J connectivity index is 4.11. The second-order valence-corrected chi connectivity index (χ2v) is 4.59. The van der Waals surface area contributed by atoms with Crippen LogP contribution in [0, 0.1) is 5.92 Å². The summed E-state index contributed by atoms with van der Waals surface area (Å²) in [6.45, 7) is 16.9. The Morgan fingerprint density at radius 2 is 1.64 bits per heavy atom. The lowest BCUT2D eigenvalue weighted by molar-refractivity contribution is 0.189. The van der Waals surface area contributed by atoms with Gasteiger partial charge in [-0.1, -0.05) is 27.7 Å². The summed E-state index contributed by atoms with van der Waals surface area (Å²) in [4.78, 5) is 2.52. The lowest BCUT2D eigenvalue weighted by Crippen LogP contribution is -2.46. The maximum atomic E-state index is 3.56. The van der Waals surface area contributed by atoms with Crippen molar-refractivity contribution in [2.75, 3.05) is 19.6 Å². The summed E-state index contributed by atoms with van der Waals surface area (Å²) in [5.74, 6) is 0.711. The highest BCUT2D eigenvalue weighted by Crippen LogP contribution is 2.06. The van der Waals surface area contributed by atoms with Crippen molar-refractivity contribution >= 4 is 0 Å². The zero-order valence-electron chi connectivity index (χ0n) is 10.8. The molecule has 0 saturated carbocycles. The van der Waals surface area contributed by atoms with E-state index in [2.05, 4.69) is 51.8 Å². The van der Waals surface area contributed by atoms with Crippen LogP contribution in [0.5, 0.6) is 0 Å². The van der Waals surface area contributed by atoms with Crippen molar-refractivity contribution in [2.24, 2.45) is 5.92 Å². The van der Waals surface area contributed by atoms with Crippen LogP contribution in [0.1, 0.15) is 41.5 Å². The third-order valence-electron chi connectivity index (χ3n) is 2.84. The van der Waals surface area contributed by atoms with Crippen LogP contribution in [-0.4, -0.2) is 36.6 Å². The molecule has 0 bridgehead atoms. The van der Waals surface area contributed by atoms with Gasteiger partial charge in [-0.15, -0.1) is 0 Å². The van der Waals surface area contributed by atoms with Gasteiger partial charge in [0.15, 0.2) is 0 Å². The molecule has 0 saturated heterocycles. The average molecular weight is 200 g/mol. The summed E-state index contributed by atoms with van der Waals surface area (Å²) in [6, 6.07) is 1.28. The predicted octanol–water partition coefficient (Wildman–Crippen LogP) is 2.35. The molecule has 0 fully saturated rings. The van der Waals surface area contributed by atoms with Gasteiger partial charge in [0.25, 0.3) is 0 Å². The first kappa shape index (κ1) is 13.9. The highest BCUT2D eigenvalue weighted by Gasteiger charge is 2.16. The smallest absolute Gasteiger partial charge is 0.0217 e. The third-order valence-corrected chi connectivity index (χ3v) is 2.84. The number of hydrogen-bond acceptors (Lipinski definition) is 2. The monoisotopic (exact) mass is 200 g/mol. The van der Waals surface area contributed by atoms with Crippen molar-refractivity contribution in [3.05, 3.63) is 0 Å². The molecule has 0 aliphatic carbocycles. The molecular weight excluding hydrogens is 172 g/mol. The first-order chi connectivity index (χ1) is 6.52. The number of nitrogens with zero attached hydrogens (tertiary/aromatic N) is 1. The van der Waals surface area contributed by atoms with Gasteiger partial charge < -0.3 is 5.32 Å². The number of likely N-dealkylation sites (N-methyl/N-ethyl adjacent to an activating group) is 2. The molecule has 1 atom stereocenters. The molecule has 2 heteroatoms. The normalized spacial score (nSPS) is 14.4. The summed E-state index contributed by atoms with van der Waals surface area (Å²) in [7, 11) is 0. The van der Waals surface area contributed by atoms with Crippen LogP contribution in [0.15, 0.2) is 0 Å². The summed E-state index contributed by atoms with van der Waals surface area (Å²) in [5.41, 5.74) is 0. The second kappa shape index (κ2) is 7.24. The number of nitrogens with one attached hydrogen (secondary N) is 1. The molecule has 0 amide bonds. The molecule has 1 N–H and O–H groups in total. The van der Waals surface area contributed by atoms with Crippen molar-refractivity contribution in [2.45, 2.75) is 53.6 Å². The minimum absolute atomic E-state index is 0.627. The highest BCUT2D eigenvalue weighted by atomic mass is 15.2. The van der Waals surface area contributed by atoms with E-state index >= 15 is 0 Å². The van der Waals surface area contributed by atoms with Crippen LogP contribution in [-0.2, 0) is 0 Å². The molecule has 0 aromatic rings. The average Bonchev–Trinajstić information content (AvgIpc) is 2.11. The zero-order chi connectivity index (χ0) is 11.1. The molecule has 0 heterocycles. The van der Waals surface area contributed by atoms with E-state index in [-0.39, 0.29) is 0 Å². The molecule has 86 valence electrons. The summed E-state index contributed by atoms with van der Waals surface area (Å²) >= 11 is 0. The maximum absolute atomic E-state index is 3.56. The molecule has 0 aromatic carbocycles. The lowest BCUT2D eigenvalue weighted by Gasteiger charge is -2.32. The number of hydrogen-bond donors (Lipinski definition) is 1. The van der Waals surface area contributed by atoms with Gasteiger partial charge in [-0.2, -0.15) is 0 Å². The largest absolute Gasteiger partial charge is 0.313 e. The molecular formula is C12H28N2. The summed E-state index contributed by atoms with van der Waals surface area (Å²) in [6.07, 6.45) is 0. The van der Waals surface area contributed by atoms with Gasteiger partial charge in [-0.05, 0) is 32.9 Å². The molecule has 0 rings (SSSR count). The molecule has 0 spiro atoms. The fourth-order valence-electron chi connectivity index (χ4n) is 1.73. The molecule has 14 heavy (non-hydrogen) atoms. The number of rotatable bonds is 7. The van der Waals surface area contributed by atoms with Gasteiger partial charge in [0, 0.05) is 18.6 Å². The SMILES string of the molecule is CCNC(CN(CC)C(C)C)C(C)C. The summed E-state index contributed by atoms with van der Waals surface area (Å²) in [5, 5.41) is 3.56. The fraction of sp³-hybridized carbons (Fsp3) is 1.00. The van der Waals surface area contributed by atoms with E-state index in [1.54, 1.807) is 0 Å². The molecule has 0 aliphatic heterocycles. The fourth-order valence-corrected chi connectivity index (χ4v) is 1.73. The van der Waals surface area contributed by atoms with Crippen molar-refractivity contribution < 1.29 is 0 Å². The lowest BCUT2D eigenvalue weighted by atomic mass is 10.0. The predicted molar refractivity (Wildman–Crippen MR) is 64.7 cm³/mol. The standard InChI is InChI=1S/C12H28N2/c1-7-13-12(10(3)4)9-14(8-2)11(5)6/h10-13H,7-9H2,1-6H3. The Morgan fingerprint density at radius 1 is 1.07 bits per heavy atom. The van der Waals surface area contributed by atoms with E-state index in [0.29, 0.717) is 18.0 Å². The van der Waals surface area contributed by atoms with Crippen molar-refractivity contribution in [3.63, 3.8) is 0 Å². The highest BCUT2D eigenvalue weighted by molar-refractivity contribution is 4.75. The Morgan fingerprint density at radius 3 is 1.93 bits per heavy atom. The van der Waals surface area contributed by atoms with E-state index in [9.17, 15) is 0 Å². The van der Waals surface area contributed by atoms with Crippen LogP contribution in [0.3, 0.4) is 0 Å². The minimum atomic E-state index is 0.627. The Bertz CT molecular complexity index is 132. The maximum Gasteiger partial charge on any atom is 0.0217 e. The molecule has 0 aromatic heterocycles. The van der Waals surface area contributed by atoms with E-state index in [1.807, 2.05) is 0 Å². The van der Waals surface area contributed by atoms with E-state index in [1.165, 1.54) is 6.54 Å². The van der Waals surface area contributed by atoms with E-state index in [4.69, 9.17) is 0 Å². The zero-order valence-corrected chi connectivity index (χ0v) is 10.8. The van der Waals surface area contributed by atoms with Crippen LogP contribution in [0.4, 0.5) is 0 Å². The van der Waals surface area contributed by atoms with Gasteiger partial charge in [0.1, 0.15) is 0 Å². The molecule has 2 nitrogen and oxygen atoms in total. The van der Waals surface area contributed by atoms with Gasteiger partial charge >= 0.3 is 0 Å². The Labute approximate surface area is 90.1 Å². The third kappa shape index (κ3) is 4.97. The molecule has 1 unspecified atom stereocenters. The molecule has 0 aliphatic rings. The van der Waals surface area contributed by atoms with Gasteiger partial charge in [-0.25, -0.2) is 0 Å². The van der Waals surface area contributed by atoms with Crippen LogP contribution < -0.4 is 5.32 Å². The van der Waals surface area contributed by atoms with Gasteiger partial charge in [0.05, 0.1) is 0 Å². The van der Waals surface area contributed by atoms with Crippen LogP contribution in [0.25, 0.3) is 0 Å². The quantitative estimate of drug-likeness (QED) is 0.678. The van der Waals surface area contributed by atoms with Gasteiger partial charge in [-0.3, -0.25) is 4.90 Å².